The molecule has 0 N–H and O–H groups in total. The summed E-state index contributed by atoms with van der Waals surface area (Å²) in [7, 11) is 2.09. The number of carbonyl (C=O) groups excluding carboxylic acids is 1. The average Bonchev–Trinajstić information content (AvgIpc) is 2.97. The first-order chi connectivity index (χ1) is 7.25. The minimum absolute atomic E-state index is 0.296. The molecule has 3 nitrogen and oxygen atoms in total. The van der Waals surface area contributed by atoms with Gasteiger partial charge in [0.05, 0.1) is 10.6 Å². The van der Waals surface area contributed by atoms with Crippen LogP contribution >= 0.6 is 11.3 Å². The van der Waals surface area contributed by atoms with Crippen LogP contribution in [0.25, 0.3) is 0 Å². The van der Waals surface area contributed by atoms with Crippen molar-refractivity contribution < 1.29 is 4.79 Å². The Morgan fingerprint density at radius 3 is 2.87 bits per heavy atom. The Balaban J connectivity index is 1.93. The molecule has 0 aromatic carbocycles. The number of hydrogen-bond acceptors (Lipinski definition) is 4. The lowest BCUT2D eigenvalue weighted by molar-refractivity contribution is 0.0976. The molecule has 0 bridgehead atoms. The van der Waals surface area contributed by atoms with Gasteiger partial charge in [-0.05, 0) is 25.7 Å². The number of fused-ring (bicyclic) bond motifs is 1. The van der Waals surface area contributed by atoms with Gasteiger partial charge >= 0.3 is 0 Å². The Bertz CT molecular complexity index is 409. The summed E-state index contributed by atoms with van der Waals surface area (Å²) in [6.45, 7) is 0. The summed E-state index contributed by atoms with van der Waals surface area (Å²) in [5.74, 6) is 0.296. The zero-order valence-electron chi connectivity index (χ0n) is 8.82. The lowest BCUT2D eigenvalue weighted by atomic mass is 10.0. The number of thiazole rings is 1. The van der Waals surface area contributed by atoms with E-state index in [9.17, 15) is 4.79 Å². The normalized spacial score (nSPS) is 20.2. The molecule has 1 saturated carbocycles. The van der Waals surface area contributed by atoms with E-state index in [1.54, 1.807) is 11.3 Å². The fourth-order valence-electron chi connectivity index (χ4n) is 2.03. The van der Waals surface area contributed by atoms with Gasteiger partial charge in [0.15, 0.2) is 10.9 Å². The van der Waals surface area contributed by atoms with Gasteiger partial charge in [-0.15, -0.1) is 0 Å². The third-order valence-corrected chi connectivity index (χ3v) is 4.38. The van der Waals surface area contributed by atoms with E-state index in [1.165, 1.54) is 12.8 Å². The molecule has 3 rings (SSSR count). The predicted octanol–water partition coefficient (Wildman–Crippen LogP) is 2.26. The second-order valence-corrected chi connectivity index (χ2v) is 5.37. The lowest BCUT2D eigenvalue weighted by Crippen LogP contribution is -2.19. The van der Waals surface area contributed by atoms with Crippen molar-refractivity contribution in [1.82, 2.24) is 4.98 Å². The van der Waals surface area contributed by atoms with Gasteiger partial charge in [0.25, 0.3) is 0 Å². The van der Waals surface area contributed by atoms with Crippen molar-refractivity contribution in [3.63, 3.8) is 0 Å². The van der Waals surface area contributed by atoms with Crippen LogP contribution in [0.15, 0.2) is 0 Å². The molecule has 1 aromatic rings. The SMILES string of the molecule is CN(c1nc2c(s1)C(=O)CCC2)C1CC1. The second-order valence-electron chi connectivity index (χ2n) is 4.39. The van der Waals surface area contributed by atoms with Gasteiger partial charge in [-0.25, -0.2) is 4.98 Å². The molecule has 2 aliphatic rings. The number of carbonyl (C=O) groups is 1. The van der Waals surface area contributed by atoms with Crippen LogP contribution in [0.1, 0.15) is 41.0 Å². The summed E-state index contributed by atoms with van der Waals surface area (Å²) < 4.78 is 0. The number of anilines is 1. The monoisotopic (exact) mass is 222 g/mol. The molecule has 0 radical (unpaired) electrons. The van der Waals surface area contributed by atoms with Crippen LogP contribution in [0.3, 0.4) is 0 Å². The number of rotatable bonds is 2. The van der Waals surface area contributed by atoms with E-state index in [2.05, 4.69) is 16.9 Å². The number of ketones is 1. The van der Waals surface area contributed by atoms with Crippen molar-refractivity contribution in [1.29, 1.82) is 0 Å². The highest BCUT2D eigenvalue weighted by atomic mass is 32.1. The van der Waals surface area contributed by atoms with Crippen molar-refractivity contribution in [2.45, 2.75) is 38.1 Å². The zero-order valence-corrected chi connectivity index (χ0v) is 9.64. The fourth-order valence-corrected chi connectivity index (χ4v) is 3.14. The molecule has 1 aromatic heterocycles. The first-order valence-electron chi connectivity index (χ1n) is 5.51. The number of nitrogens with zero attached hydrogens (tertiary/aromatic N) is 2. The van der Waals surface area contributed by atoms with Gasteiger partial charge in [-0.3, -0.25) is 4.79 Å². The highest BCUT2D eigenvalue weighted by Gasteiger charge is 2.30. The summed E-state index contributed by atoms with van der Waals surface area (Å²) in [5, 5.41) is 1.04. The summed E-state index contributed by atoms with van der Waals surface area (Å²) in [4.78, 5) is 19.4. The molecule has 2 aliphatic carbocycles. The predicted molar refractivity (Wildman–Crippen MR) is 60.8 cm³/mol. The maximum atomic E-state index is 11.7. The van der Waals surface area contributed by atoms with Crippen LogP contribution in [-0.4, -0.2) is 23.9 Å². The van der Waals surface area contributed by atoms with Gasteiger partial charge in [0, 0.05) is 19.5 Å². The molecule has 1 fully saturated rings. The van der Waals surface area contributed by atoms with Crippen LogP contribution in [0.2, 0.25) is 0 Å². The molecular formula is C11H14N2OS. The molecule has 0 saturated heterocycles. The van der Waals surface area contributed by atoms with E-state index in [-0.39, 0.29) is 0 Å². The van der Waals surface area contributed by atoms with Crippen molar-refractivity contribution in [2.75, 3.05) is 11.9 Å². The standard InChI is InChI=1S/C11H14N2OS/c1-13(7-5-6-7)11-12-8-3-2-4-9(14)10(8)15-11/h7H,2-6H2,1H3. The summed E-state index contributed by atoms with van der Waals surface area (Å²) in [6.07, 6.45) is 5.21. The molecule has 80 valence electrons. The Morgan fingerprint density at radius 1 is 1.40 bits per heavy atom. The van der Waals surface area contributed by atoms with Crippen LogP contribution in [0, 0.1) is 0 Å². The molecule has 0 unspecified atom stereocenters. The average molecular weight is 222 g/mol. The van der Waals surface area contributed by atoms with Crippen molar-refractivity contribution >= 4 is 22.3 Å². The van der Waals surface area contributed by atoms with Crippen LogP contribution in [0.4, 0.5) is 5.13 Å². The van der Waals surface area contributed by atoms with E-state index in [0.29, 0.717) is 18.2 Å². The highest BCUT2D eigenvalue weighted by molar-refractivity contribution is 7.17. The van der Waals surface area contributed by atoms with Crippen LogP contribution in [-0.2, 0) is 6.42 Å². The minimum atomic E-state index is 0.296. The van der Waals surface area contributed by atoms with Gasteiger partial charge in [0.1, 0.15) is 0 Å². The van der Waals surface area contributed by atoms with Crippen LogP contribution < -0.4 is 4.90 Å². The van der Waals surface area contributed by atoms with Crippen molar-refractivity contribution in [3.8, 4) is 0 Å². The molecule has 0 spiro atoms. The largest absolute Gasteiger partial charge is 0.348 e. The molecular weight excluding hydrogens is 208 g/mol. The van der Waals surface area contributed by atoms with E-state index in [0.717, 1.165) is 28.5 Å². The third kappa shape index (κ3) is 1.57. The summed E-state index contributed by atoms with van der Waals surface area (Å²) >= 11 is 1.59. The first-order valence-corrected chi connectivity index (χ1v) is 6.33. The quantitative estimate of drug-likeness (QED) is 0.769. The van der Waals surface area contributed by atoms with Crippen LogP contribution in [0.5, 0.6) is 0 Å². The van der Waals surface area contributed by atoms with Gasteiger partial charge in [-0.2, -0.15) is 0 Å². The Hall–Kier alpha value is -0.900. The van der Waals surface area contributed by atoms with Gasteiger partial charge < -0.3 is 4.90 Å². The molecule has 0 aliphatic heterocycles. The molecule has 15 heavy (non-hydrogen) atoms. The van der Waals surface area contributed by atoms with E-state index in [1.807, 2.05) is 0 Å². The molecule has 1 heterocycles. The number of aromatic nitrogens is 1. The van der Waals surface area contributed by atoms with E-state index in [4.69, 9.17) is 0 Å². The molecule has 0 amide bonds. The number of Topliss-reactive ketones (excluding diaryl/α,β-unsaturated/α-hetero) is 1. The Morgan fingerprint density at radius 2 is 2.20 bits per heavy atom. The number of hydrogen-bond donors (Lipinski definition) is 0. The molecule has 4 heteroatoms. The first kappa shape index (κ1) is 9.33. The Kier molecular flexibility index (Phi) is 2.06. The Labute approximate surface area is 93.1 Å². The second kappa shape index (κ2) is 3.30. The smallest absolute Gasteiger partial charge is 0.186 e. The maximum Gasteiger partial charge on any atom is 0.186 e. The third-order valence-electron chi connectivity index (χ3n) is 3.15. The fraction of sp³-hybridized carbons (Fsp3) is 0.636. The van der Waals surface area contributed by atoms with Gasteiger partial charge in [0.2, 0.25) is 0 Å². The highest BCUT2D eigenvalue weighted by Crippen LogP contribution is 2.36. The van der Waals surface area contributed by atoms with Gasteiger partial charge in [-0.1, -0.05) is 11.3 Å². The van der Waals surface area contributed by atoms with Crippen molar-refractivity contribution in [2.24, 2.45) is 0 Å². The topological polar surface area (TPSA) is 33.2 Å². The summed E-state index contributed by atoms with van der Waals surface area (Å²) in [5.41, 5.74) is 1.04. The summed E-state index contributed by atoms with van der Waals surface area (Å²) in [6, 6.07) is 0.674. The van der Waals surface area contributed by atoms with E-state index >= 15 is 0 Å². The van der Waals surface area contributed by atoms with Crippen molar-refractivity contribution in [3.05, 3.63) is 10.6 Å². The van der Waals surface area contributed by atoms with E-state index < -0.39 is 0 Å². The lowest BCUT2D eigenvalue weighted by Gasteiger charge is -2.13. The zero-order chi connectivity index (χ0) is 10.4. The number of aryl methyl sites for hydroxylation is 1. The molecule has 0 atom stereocenters. The minimum Gasteiger partial charge on any atom is -0.348 e. The maximum absolute atomic E-state index is 11.7.